The summed E-state index contributed by atoms with van der Waals surface area (Å²) in [6, 6.07) is 6.48. The van der Waals surface area contributed by atoms with Crippen LogP contribution in [0.3, 0.4) is 0 Å². The molecule has 0 unspecified atom stereocenters. The number of phenolic OH excluding ortho intramolecular Hbond substituents is 1. The Balaban J connectivity index is 2.50. The molecule has 2 aromatic rings. The van der Waals surface area contributed by atoms with Crippen LogP contribution in [0.1, 0.15) is 25.8 Å². The number of hydrogen-bond donors (Lipinski definition) is 1. The van der Waals surface area contributed by atoms with Crippen molar-refractivity contribution in [3.8, 4) is 5.75 Å². The van der Waals surface area contributed by atoms with Gasteiger partial charge in [0.1, 0.15) is 11.3 Å². The number of alkyl halides is 1. The molecule has 0 fully saturated rings. The normalized spacial score (nSPS) is 11.9. The van der Waals surface area contributed by atoms with Crippen LogP contribution in [0.2, 0.25) is 0 Å². The van der Waals surface area contributed by atoms with Gasteiger partial charge in [0.05, 0.1) is 0 Å². The first kappa shape index (κ1) is 13.1. The summed E-state index contributed by atoms with van der Waals surface area (Å²) in [5.74, 6) is 0.175. The highest BCUT2D eigenvalue weighted by atomic mass is 79.9. The van der Waals surface area contributed by atoms with E-state index < -0.39 is 5.63 Å². The lowest BCUT2D eigenvalue weighted by Gasteiger charge is -2.16. The third-order valence-electron chi connectivity index (χ3n) is 2.84. The predicted octanol–water partition coefficient (Wildman–Crippen LogP) is 3.60. The van der Waals surface area contributed by atoms with Crippen molar-refractivity contribution in [3.63, 3.8) is 0 Å². The highest BCUT2D eigenvalue weighted by Crippen LogP contribution is 2.30. The number of aromatic hydroxyl groups is 1. The highest BCUT2D eigenvalue weighted by molar-refractivity contribution is 9.10. The Bertz CT molecular complexity index is 623. The summed E-state index contributed by atoms with van der Waals surface area (Å²) >= 11 is 3.57. The third kappa shape index (κ3) is 2.93. The number of halogens is 1. The fraction of sp³-hybridized carbons (Fsp3) is 0.357. The molecular weight excluding hydrogens is 296 g/mol. The molecule has 0 amide bonds. The second-order valence-corrected chi connectivity index (χ2v) is 7.10. The van der Waals surface area contributed by atoms with Crippen LogP contribution >= 0.6 is 15.9 Å². The van der Waals surface area contributed by atoms with Crippen molar-refractivity contribution in [3.05, 3.63) is 40.2 Å². The molecule has 1 heterocycles. The van der Waals surface area contributed by atoms with E-state index in [0.29, 0.717) is 17.6 Å². The van der Waals surface area contributed by atoms with Gasteiger partial charge in [-0.25, -0.2) is 4.79 Å². The van der Waals surface area contributed by atoms with Crippen molar-refractivity contribution in [1.29, 1.82) is 0 Å². The molecule has 0 aliphatic heterocycles. The first-order valence-corrected chi connectivity index (χ1v) is 6.60. The summed E-state index contributed by atoms with van der Waals surface area (Å²) in [5, 5.41) is 10.7. The van der Waals surface area contributed by atoms with Crippen molar-refractivity contribution in [2.75, 3.05) is 0 Å². The van der Waals surface area contributed by atoms with Crippen LogP contribution in [-0.4, -0.2) is 9.43 Å². The molecule has 18 heavy (non-hydrogen) atoms. The fourth-order valence-electron chi connectivity index (χ4n) is 1.84. The van der Waals surface area contributed by atoms with Crippen LogP contribution < -0.4 is 5.63 Å². The van der Waals surface area contributed by atoms with Crippen LogP contribution in [0.15, 0.2) is 33.5 Å². The van der Waals surface area contributed by atoms with Crippen molar-refractivity contribution in [1.82, 2.24) is 0 Å². The van der Waals surface area contributed by atoms with E-state index in [2.05, 4.69) is 29.8 Å². The predicted molar refractivity (Wildman–Crippen MR) is 75.5 cm³/mol. The first-order chi connectivity index (χ1) is 8.37. The van der Waals surface area contributed by atoms with E-state index >= 15 is 0 Å². The number of phenols is 1. The van der Waals surface area contributed by atoms with Gasteiger partial charge < -0.3 is 9.52 Å². The molecule has 0 saturated carbocycles. The molecule has 0 spiro atoms. The Labute approximate surface area is 114 Å². The van der Waals surface area contributed by atoms with Gasteiger partial charge in [-0.2, -0.15) is 0 Å². The minimum atomic E-state index is -0.396. The Morgan fingerprint density at radius 1 is 1.28 bits per heavy atom. The molecule has 1 aromatic heterocycles. The molecule has 0 radical (unpaired) electrons. The van der Waals surface area contributed by atoms with E-state index in [4.69, 9.17) is 4.42 Å². The molecule has 0 atom stereocenters. The number of benzene rings is 1. The van der Waals surface area contributed by atoms with Gasteiger partial charge in [-0.1, -0.05) is 29.8 Å². The minimum absolute atomic E-state index is 0.0172. The van der Waals surface area contributed by atoms with Gasteiger partial charge in [-0.15, -0.1) is 0 Å². The van der Waals surface area contributed by atoms with Gasteiger partial charge >= 0.3 is 5.63 Å². The molecule has 4 heteroatoms. The summed E-state index contributed by atoms with van der Waals surface area (Å²) in [7, 11) is 0. The molecule has 1 aromatic carbocycles. The van der Waals surface area contributed by atoms with Crippen LogP contribution in [0.5, 0.6) is 5.75 Å². The number of fused-ring (bicyclic) bond motifs is 1. The van der Waals surface area contributed by atoms with Gasteiger partial charge in [0.25, 0.3) is 0 Å². The van der Waals surface area contributed by atoms with E-state index in [1.807, 2.05) is 0 Å². The third-order valence-corrected chi connectivity index (χ3v) is 3.23. The summed E-state index contributed by atoms with van der Waals surface area (Å²) in [5.41, 5.74) is 0.782. The van der Waals surface area contributed by atoms with Crippen molar-refractivity contribution < 1.29 is 9.52 Å². The molecule has 0 aliphatic rings. The van der Waals surface area contributed by atoms with Crippen LogP contribution in [0.25, 0.3) is 11.0 Å². The number of aryl methyl sites for hydroxylation is 1. The molecule has 1 N–H and O–H groups in total. The topological polar surface area (TPSA) is 50.4 Å². The Morgan fingerprint density at radius 3 is 2.61 bits per heavy atom. The highest BCUT2D eigenvalue weighted by Gasteiger charge is 2.16. The maximum absolute atomic E-state index is 11.3. The quantitative estimate of drug-likeness (QED) is 0.696. The molecule has 2 rings (SSSR count). The van der Waals surface area contributed by atoms with Crippen LogP contribution in [0, 0.1) is 0 Å². The minimum Gasteiger partial charge on any atom is -0.508 e. The van der Waals surface area contributed by atoms with Crippen LogP contribution in [-0.2, 0) is 6.42 Å². The zero-order chi connectivity index (χ0) is 13.3. The lowest BCUT2D eigenvalue weighted by Crippen LogP contribution is -2.10. The first-order valence-electron chi connectivity index (χ1n) is 5.80. The van der Waals surface area contributed by atoms with Gasteiger partial charge in [0.2, 0.25) is 0 Å². The van der Waals surface area contributed by atoms with Gasteiger partial charge in [0, 0.05) is 21.3 Å². The Hall–Kier alpha value is -1.29. The second-order valence-electron chi connectivity index (χ2n) is 4.95. The molecular formula is C14H15BrO3. The fourth-order valence-corrected chi connectivity index (χ4v) is 2.04. The van der Waals surface area contributed by atoms with E-state index in [0.717, 1.165) is 11.8 Å². The van der Waals surface area contributed by atoms with Crippen molar-refractivity contribution in [2.45, 2.75) is 31.0 Å². The summed E-state index contributed by atoms with van der Waals surface area (Å²) in [4.78, 5) is 11.3. The summed E-state index contributed by atoms with van der Waals surface area (Å²) < 4.78 is 5.19. The number of hydrogen-bond acceptors (Lipinski definition) is 3. The van der Waals surface area contributed by atoms with E-state index in [9.17, 15) is 9.90 Å². The SMILES string of the molecule is CC(C)(Br)CCc1c(O)ccc2ccc(=O)oc12. The maximum atomic E-state index is 11.3. The number of rotatable bonds is 3. The van der Waals surface area contributed by atoms with Gasteiger partial charge in [-0.05, 0) is 31.0 Å². The van der Waals surface area contributed by atoms with Crippen molar-refractivity contribution in [2.24, 2.45) is 0 Å². The average Bonchev–Trinajstić information content (AvgIpc) is 2.26. The molecule has 0 bridgehead atoms. The largest absolute Gasteiger partial charge is 0.508 e. The van der Waals surface area contributed by atoms with Crippen molar-refractivity contribution >= 4 is 26.9 Å². The van der Waals surface area contributed by atoms with Gasteiger partial charge in [-0.3, -0.25) is 0 Å². The van der Waals surface area contributed by atoms with Crippen LogP contribution in [0.4, 0.5) is 0 Å². The summed E-state index contributed by atoms with van der Waals surface area (Å²) in [6.07, 6.45) is 1.48. The smallest absolute Gasteiger partial charge is 0.336 e. The molecule has 3 nitrogen and oxygen atoms in total. The second kappa shape index (κ2) is 4.76. The lowest BCUT2D eigenvalue weighted by molar-refractivity contribution is 0.462. The molecule has 0 saturated heterocycles. The summed E-state index contributed by atoms with van der Waals surface area (Å²) in [6.45, 7) is 4.12. The molecule has 0 aliphatic carbocycles. The monoisotopic (exact) mass is 310 g/mol. The maximum Gasteiger partial charge on any atom is 0.336 e. The van der Waals surface area contributed by atoms with Gasteiger partial charge in [0.15, 0.2) is 0 Å². The molecule has 96 valence electrons. The van der Waals surface area contributed by atoms with E-state index in [-0.39, 0.29) is 10.1 Å². The zero-order valence-electron chi connectivity index (χ0n) is 10.4. The van der Waals surface area contributed by atoms with E-state index in [1.165, 1.54) is 6.07 Å². The Morgan fingerprint density at radius 2 is 1.94 bits per heavy atom. The lowest BCUT2D eigenvalue weighted by atomic mass is 10.00. The zero-order valence-corrected chi connectivity index (χ0v) is 12.0. The average molecular weight is 311 g/mol. The van der Waals surface area contributed by atoms with E-state index in [1.54, 1.807) is 18.2 Å². The Kier molecular flexibility index (Phi) is 3.48. The standard InChI is InChI=1S/C14H15BrO3/c1-14(2,15)8-7-10-11(16)5-3-9-4-6-12(17)18-13(9)10/h3-6,16H,7-8H2,1-2H3.